The number of methoxy groups -OCH3 is 1. The van der Waals surface area contributed by atoms with Crippen LogP contribution in [0, 0.1) is 34.5 Å². The molecule has 3 saturated carbocycles. The van der Waals surface area contributed by atoms with Crippen LogP contribution in [0.4, 0.5) is 0 Å². The number of aliphatic hydroxyl groups excluding tert-OH is 1. The van der Waals surface area contributed by atoms with Crippen molar-refractivity contribution in [2.45, 2.75) is 65.2 Å². The molecule has 6 unspecified atom stereocenters. The van der Waals surface area contributed by atoms with Crippen molar-refractivity contribution in [3.63, 3.8) is 0 Å². The first-order valence-corrected chi connectivity index (χ1v) is 9.75. The molecule has 0 aromatic carbocycles. The van der Waals surface area contributed by atoms with E-state index >= 15 is 0 Å². The van der Waals surface area contributed by atoms with Crippen LogP contribution in [-0.4, -0.2) is 24.8 Å². The normalized spacial score (nSPS) is 45.2. The van der Waals surface area contributed by atoms with Crippen LogP contribution < -0.4 is 0 Å². The minimum atomic E-state index is -0.326. The average molecular weight is 335 g/mol. The number of ether oxygens (including phenoxy) is 1. The predicted molar refractivity (Wildman–Crippen MR) is 95.4 cm³/mol. The van der Waals surface area contributed by atoms with E-state index in [1.54, 1.807) is 0 Å². The highest BCUT2D eigenvalue weighted by Gasteiger charge is 2.60. The van der Waals surface area contributed by atoms with Gasteiger partial charge in [-0.1, -0.05) is 25.5 Å². The third kappa shape index (κ3) is 2.55. The Morgan fingerprint density at radius 2 is 2.04 bits per heavy atom. The fourth-order valence-electron chi connectivity index (χ4n) is 6.94. The van der Waals surface area contributed by atoms with Crippen LogP contribution in [0.15, 0.2) is 12.2 Å². The van der Waals surface area contributed by atoms with Gasteiger partial charge in [-0.3, -0.25) is 4.79 Å². The molecule has 24 heavy (non-hydrogen) atoms. The molecule has 0 bridgehead atoms. The highest BCUT2D eigenvalue weighted by Crippen LogP contribution is 2.65. The van der Waals surface area contributed by atoms with Gasteiger partial charge in [-0.15, -0.1) is 0 Å². The summed E-state index contributed by atoms with van der Waals surface area (Å²) in [6.07, 6.45) is 8.73. The van der Waals surface area contributed by atoms with Gasteiger partial charge in [0.1, 0.15) is 0 Å². The molecule has 0 heterocycles. The number of aliphatic hydroxyl groups is 1. The monoisotopic (exact) mass is 334 g/mol. The van der Waals surface area contributed by atoms with Gasteiger partial charge in [0.25, 0.3) is 0 Å². The van der Waals surface area contributed by atoms with E-state index < -0.39 is 0 Å². The first-order valence-electron chi connectivity index (χ1n) is 9.75. The first kappa shape index (κ1) is 18.0. The molecule has 0 amide bonds. The Morgan fingerprint density at radius 1 is 1.29 bits per heavy atom. The van der Waals surface area contributed by atoms with Gasteiger partial charge < -0.3 is 9.84 Å². The lowest BCUT2D eigenvalue weighted by molar-refractivity contribution is -0.176. The van der Waals surface area contributed by atoms with E-state index in [1.807, 2.05) is 0 Å². The fourth-order valence-corrected chi connectivity index (χ4v) is 6.94. The number of hydrogen-bond donors (Lipinski definition) is 1. The van der Waals surface area contributed by atoms with Crippen molar-refractivity contribution in [3.05, 3.63) is 12.2 Å². The van der Waals surface area contributed by atoms with Crippen LogP contribution in [0.2, 0.25) is 0 Å². The summed E-state index contributed by atoms with van der Waals surface area (Å²) in [5, 5.41) is 9.51. The fraction of sp³-hybridized carbons (Fsp3) is 0.857. The minimum Gasteiger partial charge on any atom is -0.469 e. The number of esters is 1. The van der Waals surface area contributed by atoms with E-state index in [0.29, 0.717) is 23.7 Å². The lowest BCUT2D eigenvalue weighted by atomic mass is 9.43. The Labute approximate surface area is 146 Å². The van der Waals surface area contributed by atoms with Crippen molar-refractivity contribution in [3.8, 4) is 0 Å². The van der Waals surface area contributed by atoms with Crippen molar-refractivity contribution < 1.29 is 14.6 Å². The molecule has 0 radical (unpaired) electrons. The van der Waals surface area contributed by atoms with Crippen molar-refractivity contribution in [2.24, 2.45) is 34.5 Å². The predicted octanol–water partition coefficient (Wildman–Crippen LogP) is 4.35. The maximum absolute atomic E-state index is 12.6. The molecule has 136 valence electrons. The molecule has 3 aliphatic rings. The second kappa shape index (κ2) is 6.48. The molecule has 1 N–H and O–H groups in total. The van der Waals surface area contributed by atoms with Gasteiger partial charge in [-0.2, -0.15) is 0 Å². The smallest absolute Gasteiger partial charge is 0.311 e. The lowest BCUT2D eigenvalue weighted by Gasteiger charge is -2.61. The molecule has 3 nitrogen and oxygen atoms in total. The number of fused-ring (bicyclic) bond motifs is 3. The van der Waals surface area contributed by atoms with E-state index in [1.165, 1.54) is 31.9 Å². The number of hydrogen-bond acceptors (Lipinski definition) is 3. The Morgan fingerprint density at radius 3 is 2.71 bits per heavy atom. The second-order valence-electron chi connectivity index (χ2n) is 8.98. The molecule has 0 spiro atoms. The summed E-state index contributed by atoms with van der Waals surface area (Å²) in [7, 11) is 1.53. The van der Waals surface area contributed by atoms with Gasteiger partial charge in [0.15, 0.2) is 0 Å². The summed E-state index contributed by atoms with van der Waals surface area (Å²) in [5.74, 6) is 2.18. The summed E-state index contributed by atoms with van der Waals surface area (Å²) in [6, 6.07) is 0. The largest absolute Gasteiger partial charge is 0.469 e. The van der Waals surface area contributed by atoms with Crippen LogP contribution in [0.5, 0.6) is 0 Å². The van der Waals surface area contributed by atoms with Gasteiger partial charge in [0, 0.05) is 6.61 Å². The molecule has 3 aliphatic carbocycles. The number of allylic oxidation sites excluding steroid dienone is 1. The van der Waals surface area contributed by atoms with E-state index in [2.05, 4.69) is 20.4 Å². The molecule has 0 saturated heterocycles. The highest BCUT2D eigenvalue weighted by atomic mass is 16.5. The Balaban J connectivity index is 1.92. The third-order valence-electron chi connectivity index (χ3n) is 8.04. The maximum Gasteiger partial charge on any atom is 0.311 e. The van der Waals surface area contributed by atoms with E-state index in [9.17, 15) is 9.90 Å². The van der Waals surface area contributed by atoms with Crippen molar-refractivity contribution in [1.29, 1.82) is 0 Å². The summed E-state index contributed by atoms with van der Waals surface area (Å²) < 4.78 is 5.21. The van der Waals surface area contributed by atoms with E-state index in [4.69, 9.17) is 4.74 Å². The van der Waals surface area contributed by atoms with Crippen molar-refractivity contribution >= 4 is 5.97 Å². The first-order chi connectivity index (χ1) is 11.4. The lowest BCUT2D eigenvalue weighted by Crippen LogP contribution is -2.57. The molecule has 0 aromatic heterocycles. The Hall–Kier alpha value is -0.830. The average Bonchev–Trinajstić information content (AvgIpc) is 2.56. The molecular weight excluding hydrogens is 300 g/mol. The maximum atomic E-state index is 12.6. The van der Waals surface area contributed by atoms with Crippen LogP contribution in [0.1, 0.15) is 65.2 Å². The van der Waals surface area contributed by atoms with E-state index in [0.717, 1.165) is 32.1 Å². The van der Waals surface area contributed by atoms with Gasteiger partial charge in [0.2, 0.25) is 0 Å². The second-order valence-corrected chi connectivity index (χ2v) is 8.98. The zero-order valence-electron chi connectivity index (χ0n) is 15.6. The Bertz CT molecular complexity index is 513. The molecule has 3 fully saturated rings. The van der Waals surface area contributed by atoms with Gasteiger partial charge in [-0.25, -0.2) is 0 Å². The Kier molecular flexibility index (Phi) is 4.85. The standard InChI is InChI=1S/C21H34O3/c1-14-6-8-17-16(15(14)10-13-22)7-9-18-20(17,2)11-5-12-21(18,3)19(23)24-4/h15-18,22H,1,5-13H2,2-4H3. The van der Waals surface area contributed by atoms with Gasteiger partial charge in [-0.05, 0) is 81.0 Å². The number of rotatable bonds is 3. The van der Waals surface area contributed by atoms with Crippen LogP contribution >= 0.6 is 0 Å². The van der Waals surface area contributed by atoms with E-state index in [-0.39, 0.29) is 23.4 Å². The van der Waals surface area contributed by atoms with Crippen molar-refractivity contribution in [1.82, 2.24) is 0 Å². The van der Waals surface area contributed by atoms with Gasteiger partial charge in [0.05, 0.1) is 12.5 Å². The van der Waals surface area contributed by atoms with Crippen LogP contribution in [0.25, 0.3) is 0 Å². The minimum absolute atomic E-state index is 0.0102. The zero-order valence-corrected chi connectivity index (χ0v) is 15.6. The van der Waals surface area contributed by atoms with Crippen LogP contribution in [0.3, 0.4) is 0 Å². The zero-order chi connectivity index (χ0) is 17.5. The topological polar surface area (TPSA) is 46.5 Å². The number of carbonyl (C=O) groups excluding carboxylic acids is 1. The molecule has 0 aromatic rings. The molecular formula is C21H34O3. The van der Waals surface area contributed by atoms with Gasteiger partial charge >= 0.3 is 5.97 Å². The molecule has 3 rings (SSSR count). The summed E-state index contributed by atoms with van der Waals surface area (Å²) in [4.78, 5) is 12.6. The molecule has 0 aliphatic heterocycles. The molecule has 3 heteroatoms. The quantitative estimate of drug-likeness (QED) is 0.616. The summed E-state index contributed by atoms with van der Waals surface area (Å²) in [6.45, 7) is 9.16. The highest BCUT2D eigenvalue weighted by molar-refractivity contribution is 5.77. The SMILES string of the molecule is C=C1CCC2C(CCC3C(C)(C(=O)OC)CCCC23C)C1CCO. The third-order valence-corrected chi connectivity index (χ3v) is 8.04. The van der Waals surface area contributed by atoms with Crippen molar-refractivity contribution in [2.75, 3.05) is 13.7 Å². The summed E-state index contributed by atoms with van der Waals surface area (Å²) >= 11 is 0. The van der Waals surface area contributed by atoms with Crippen LogP contribution in [-0.2, 0) is 9.53 Å². The summed E-state index contributed by atoms with van der Waals surface area (Å²) in [5.41, 5.74) is 1.24. The molecule has 6 atom stereocenters. The number of carbonyl (C=O) groups is 1.